The number of carbonyl (C=O) groups excluding carboxylic acids is 2. The van der Waals surface area contributed by atoms with Gasteiger partial charge in [0, 0.05) is 32.5 Å². The topological polar surface area (TPSA) is 73.2 Å². The van der Waals surface area contributed by atoms with E-state index >= 15 is 0 Å². The quantitative estimate of drug-likeness (QED) is 0.757. The van der Waals surface area contributed by atoms with Gasteiger partial charge < -0.3 is 10.2 Å². The minimum Gasteiger partial charge on any atom is -0.355 e. The molecule has 1 aliphatic rings. The molecule has 100 valence electrons. The molecule has 0 spiro atoms. The zero-order valence-corrected chi connectivity index (χ0v) is 11.3. The van der Waals surface area contributed by atoms with Crippen LogP contribution in [0.25, 0.3) is 0 Å². The molecule has 1 rings (SSSR count). The Bertz CT molecular complexity index is 362. The highest BCUT2D eigenvalue weighted by atomic mass is 16.2. The highest BCUT2D eigenvalue weighted by Gasteiger charge is 2.38. The van der Waals surface area contributed by atoms with E-state index < -0.39 is 0 Å². The number of nitrogens with zero attached hydrogens (tertiary/aromatic N) is 2. The Labute approximate surface area is 108 Å². The summed E-state index contributed by atoms with van der Waals surface area (Å²) in [4.78, 5) is 24.7. The second-order valence-corrected chi connectivity index (χ2v) is 5.16. The SMILES string of the molecule is C[C@H](C#N)CN(C)C(=O)CCNC(=O)[C@@H]1C[C@@H]1C. The van der Waals surface area contributed by atoms with E-state index in [-0.39, 0.29) is 23.7 Å². The third kappa shape index (κ3) is 4.36. The van der Waals surface area contributed by atoms with Gasteiger partial charge in [-0.3, -0.25) is 9.59 Å². The van der Waals surface area contributed by atoms with Gasteiger partial charge in [-0.2, -0.15) is 5.26 Å². The summed E-state index contributed by atoms with van der Waals surface area (Å²) >= 11 is 0. The zero-order chi connectivity index (χ0) is 13.7. The summed E-state index contributed by atoms with van der Waals surface area (Å²) in [6.45, 7) is 4.64. The molecule has 0 aromatic heterocycles. The van der Waals surface area contributed by atoms with Gasteiger partial charge in [-0.25, -0.2) is 0 Å². The molecule has 0 unspecified atom stereocenters. The Morgan fingerprint density at radius 2 is 2.17 bits per heavy atom. The fourth-order valence-corrected chi connectivity index (χ4v) is 1.86. The van der Waals surface area contributed by atoms with E-state index in [1.54, 1.807) is 18.9 Å². The first kappa shape index (κ1) is 14.5. The summed E-state index contributed by atoms with van der Waals surface area (Å²) < 4.78 is 0. The number of nitriles is 1. The van der Waals surface area contributed by atoms with Gasteiger partial charge in [0.1, 0.15) is 0 Å². The van der Waals surface area contributed by atoms with Crippen LogP contribution in [0.3, 0.4) is 0 Å². The average molecular weight is 251 g/mol. The van der Waals surface area contributed by atoms with Gasteiger partial charge in [0.25, 0.3) is 0 Å². The molecule has 1 N–H and O–H groups in total. The zero-order valence-electron chi connectivity index (χ0n) is 11.3. The Morgan fingerprint density at radius 3 is 2.67 bits per heavy atom. The van der Waals surface area contributed by atoms with Crippen molar-refractivity contribution in [3.63, 3.8) is 0 Å². The van der Waals surface area contributed by atoms with E-state index in [0.29, 0.717) is 25.4 Å². The lowest BCUT2D eigenvalue weighted by Crippen LogP contribution is -2.34. The van der Waals surface area contributed by atoms with Crippen LogP contribution in [-0.4, -0.2) is 36.9 Å². The number of nitrogens with one attached hydrogen (secondary N) is 1. The van der Waals surface area contributed by atoms with Crippen molar-refractivity contribution in [3.05, 3.63) is 0 Å². The van der Waals surface area contributed by atoms with Crippen LogP contribution in [0, 0.1) is 29.1 Å². The van der Waals surface area contributed by atoms with Crippen molar-refractivity contribution in [1.82, 2.24) is 10.2 Å². The lowest BCUT2D eigenvalue weighted by Gasteiger charge is -2.18. The van der Waals surface area contributed by atoms with Crippen LogP contribution in [-0.2, 0) is 9.59 Å². The summed E-state index contributed by atoms with van der Waals surface area (Å²) in [6, 6.07) is 2.09. The van der Waals surface area contributed by atoms with Crippen LogP contribution in [0.2, 0.25) is 0 Å². The van der Waals surface area contributed by atoms with Crippen LogP contribution in [0.15, 0.2) is 0 Å². The van der Waals surface area contributed by atoms with E-state index in [1.165, 1.54) is 0 Å². The van der Waals surface area contributed by atoms with Crippen LogP contribution in [0.4, 0.5) is 0 Å². The smallest absolute Gasteiger partial charge is 0.224 e. The first-order valence-electron chi connectivity index (χ1n) is 6.37. The van der Waals surface area contributed by atoms with Crippen molar-refractivity contribution in [2.24, 2.45) is 17.8 Å². The van der Waals surface area contributed by atoms with E-state index in [0.717, 1.165) is 6.42 Å². The largest absolute Gasteiger partial charge is 0.355 e. The highest BCUT2D eigenvalue weighted by Crippen LogP contribution is 2.37. The molecular weight excluding hydrogens is 230 g/mol. The summed E-state index contributed by atoms with van der Waals surface area (Å²) in [6.07, 6.45) is 1.25. The monoisotopic (exact) mass is 251 g/mol. The Hall–Kier alpha value is -1.57. The minimum absolute atomic E-state index is 0.0405. The molecular formula is C13H21N3O2. The number of hydrogen-bond donors (Lipinski definition) is 1. The normalized spacial score (nSPS) is 22.8. The van der Waals surface area contributed by atoms with Crippen LogP contribution >= 0.6 is 0 Å². The molecule has 3 atom stereocenters. The third-order valence-corrected chi connectivity index (χ3v) is 3.28. The average Bonchev–Trinajstić information content (AvgIpc) is 3.05. The number of rotatable bonds is 6. The van der Waals surface area contributed by atoms with Crippen LogP contribution < -0.4 is 5.32 Å². The predicted molar refractivity (Wildman–Crippen MR) is 67.3 cm³/mol. The minimum atomic E-state index is -0.166. The van der Waals surface area contributed by atoms with Crippen molar-refractivity contribution >= 4 is 11.8 Å². The summed E-state index contributed by atoms with van der Waals surface area (Å²) in [7, 11) is 1.68. The van der Waals surface area contributed by atoms with Gasteiger partial charge >= 0.3 is 0 Å². The second-order valence-electron chi connectivity index (χ2n) is 5.16. The van der Waals surface area contributed by atoms with Gasteiger partial charge in [0.15, 0.2) is 0 Å². The van der Waals surface area contributed by atoms with Crippen molar-refractivity contribution in [2.75, 3.05) is 20.1 Å². The van der Waals surface area contributed by atoms with Crippen molar-refractivity contribution in [1.29, 1.82) is 5.26 Å². The fourth-order valence-electron chi connectivity index (χ4n) is 1.86. The van der Waals surface area contributed by atoms with Gasteiger partial charge in [-0.15, -0.1) is 0 Å². The lowest BCUT2D eigenvalue weighted by molar-refractivity contribution is -0.130. The Balaban J connectivity index is 2.16. The van der Waals surface area contributed by atoms with E-state index in [1.807, 2.05) is 6.92 Å². The number of carbonyl (C=O) groups is 2. The molecule has 1 saturated carbocycles. The number of hydrogen-bond acceptors (Lipinski definition) is 3. The molecule has 0 aromatic carbocycles. The third-order valence-electron chi connectivity index (χ3n) is 3.28. The Morgan fingerprint density at radius 1 is 1.56 bits per heavy atom. The van der Waals surface area contributed by atoms with Gasteiger partial charge in [0.05, 0.1) is 12.0 Å². The molecule has 18 heavy (non-hydrogen) atoms. The standard InChI is InChI=1S/C13H21N3O2/c1-9(7-14)8-16(3)12(17)4-5-15-13(18)11-6-10(11)2/h9-11H,4-6,8H2,1-3H3,(H,15,18)/t9-,10+,11-/m1/s1. The summed E-state index contributed by atoms with van der Waals surface area (Å²) in [5, 5.41) is 11.4. The highest BCUT2D eigenvalue weighted by molar-refractivity contribution is 5.82. The first-order valence-corrected chi connectivity index (χ1v) is 6.37. The van der Waals surface area contributed by atoms with Gasteiger partial charge in [-0.05, 0) is 19.3 Å². The molecule has 2 amide bonds. The number of amides is 2. The molecule has 0 aliphatic heterocycles. The van der Waals surface area contributed by atoms with E-state index in [4.69, 9.17) is 5.26 Å². The second kappa shape index (κ2) is 6.39. The molecule has 0 bridgehead atoms. The van der Waals surface area contributed by atoms with Crippen molar-refractivity contribution < 1.29 is 9.59 Å². The maximum absolute atomic E-state index is 11.7. The van der Waals surface area contributed by atoms with Crippen LogP contribution in [0.5, 0.6) is 0 Å². The predicted octanol–water partition coefficient (Wildman–Crippen LogP) is 0.767. The molecule has 1 aliphatic carbocycles. The summed E-state index contributed by atoms with van der Waals surface area (Å²) in [5.41, 5.74) is 0. The van der Waals surface area contributed by atoms with Crippen molar-refractivity contribution in [3.8, 4) is 6.07 Å². The molecule has 0 radical (unpaired) electrons. The molecule has 5 heteroatoms. The van der Waals surface area contributed by atoms with Gasteiger partial charge in [-0.1, -0.05) is 6.92 Å². The van der Waals surface area contributed by atoms with Crippen LogP contribution in [0.1, 0.15) is 26.7 Å². The van der Waals surface area contributed by atoms with E-state index in [9.17, 15) is 9.59 Å². The summed E-state index contributed by atoms with van der Waals surface area (Å²) in [5.74, 6) is 0.488. The maximum atomic E-state index is 11.7. The van der Waals surface area contributed by atoms with Crippen molar-refractivity contribution in [2.45, 2.75) is 26.7 Å². The fraction of sp³-hybridized carbons (Fsp3) is 0.769. The molecule has 0 saturated heterocycles. The Kier molecular flexibility index (Phi) is 5.14. The molecule has 5 nitrogen and oxygen atoms in total. The van der Waals surface area contributed by atoms with Gasteiger partial charge in [0.2, 0.25) is 11.8 Å². The van der Waals surface area contributed by atoms with E-state index in [2.05, 4.69) is 11.4 Å². The molecule has 0 heterocycles. The maximum Gasteiger partial charge on any atom is 0.224 e. The lowest BCUT2D eigenvalue weighted by atomic mass is 10.2. The first-order chi connectivity index (χ1) is 8.45. The molecule has 0 aromatic rings. The molecule has 1 fully saturated rings.